The van der Waals surface area contributed by atoms with Gasteiger partial charge in [-0.05, 0) is 38.5 Å². The molecule has 0 heterocycles. The summed E-state index contributed by atoms with van der Waals surface area (Å²) >= 11 is 0. The van der Waals surface area contributed by atoms with E-state index in [2.05, 4.69) is 6.58 Å². The highest BCUT2D eigenvalue weighted by atomic mass is 16.3. The minimum Gasteiger partial charge on any atom is -0.390 e. The van der Waals surface area contributed by atoms with Crippen LogP contribution >= 0.6 is 0 Å². The van der Waals surface area contributed by atoms with Gasteiger partial charge in [0.25, 0.3) is 0 Å². The van der Waals surface area contributed by atoms with E-state index >= 15 is 0 Å². The van der Waals surface area contributed by atoms with E-state index in [1.165, 1.54) is 19.3 Å². The van der Waals surface area contributed by atoms with E-state index in [4.69, 9.17) is 0 Å². The Morgan fingerprint density at radius 2 is 2.17 bits per heavy atom. The van der Waals surface area contributed by atoms with Gasteiger partial charge >= 0.3 is 0 Å². The molecular weight excluding hydrogens is 148 g/mol. The summed E-state index contributed by atoms with van der Waals surface area (Å²) in [5.41, 5.74) is -0.448. The molecule has 0 saturated heterocycles. The molecule has 70 valence electrons. The Kier molecular flexibility index (Phi) is 3.33. The van der Waals surface area contributed by atoms with Crippen molar-refractivity contribution in [1.29, 1.82) is 0 Å². The van der Waals surface area contributed by atoms with Gasteiger partial charge in [0.1, 0.15) is 0 Å². The van der Waals surface area contributed by atoms with Crippen LogP contribution in [0.3, 0.4) is 0 Å². The molecule has 1 N–H and O–H groups in total. The summed E-state index contributed by atoms with van der Waals surface area (Å²) in [6.07, 6.45) is 8.62. The van der Waals surface area contributed by atoms with Gasteiger partial charge in [0.2, 0.25) is 0 Å². The fourth-order valence-corrected chi connectivity index (χ4v) is 1.46. The molecule has 0 spiro atoms. The van der Waals surface area contributed by atoms with Crippen LogP contribution in [-0.2, 0) is 0 Å². The Hall–Kier alpha value is -0.300. The van der Waals surface area contributed by atoms with Crippen molar-refractivity contribution in [2.75, 3.05) is 0 Å². The monoisotopic (exact) mass is 168 g/mol. The molecule has 0 radical (unpaired) electrons. The SMILES string of the molecule is C=CCCC(C)(O)CCC1CC1. The summed E-state index contributed by atoms with van der Waals surface area (Å²) in [6.45, 7) is 5.60. The number of rotatable bonds is 6. The second kappa shape index (κ2) is 4.08. The predicted molar refractivity (Wildman–Crippen MR) is 52.0 cm³/mol. The molecule has 1 unspecified atom stereocenters. The lowest BCUT2D eigenvalue weighted by Crippen LogP contribution is -2.23. The van der Waals surface area contributed by atoms with Crippen LogP contribution in [0.25, 0.3) is 0 Å². The van der Waals surface area contributed by atoms with Crippen LogP contribution in [0, 0.1) is 5.92 Å². The van der Waals surface area contributed by atoms with Crippen LogP contribution in [-0.4, -0.2) is 10.7 Å². The third-order valence-corrected chi connectivity index (χ3v) is 2.68. The number of allylic oxidation sites excluding steroid dienone is 1. The summed E-state index contributed by atoms with van der Waals surface area (Å²) < 4.78 is 0. The minimum absolute atomic E-state index is 0.448. The standard InChI is InChI=1S/C11H20O/c1-3-4-8-11(2,12)9-7-10-5-6-10/h3,10,12H,1,4-9H2,2H3. The maximum atomic E-state index is 9.87. The third-order valence-electron chi connectivity index (χ3n) is 2.68. The van der Waals surface area contributed by atoms with Crippen molar-refractivity contribution in [2.24, 2.45) is 5.92 Å². The van der Waals surface area contributed by atoms with E-state index < -0.39 is 5.60 Å². The van der Waals surface area contributed by atoms with Crippen molar-refractivity contribution < 1.29 is 5.11 Å². The second-order valence-electron chi connectivity index (χ2n) is 4.31. The molecule has 0 aromatic rings. The molecular formula is C11H20O. The first kappa shape index (κ1) is 9.79. The smallest absolute Gasteiger partial charge is 0.0622 e. The van der Waals surface area contributed by atoms with Gasteiger partial charge in [-0.25, -0.2) is 0 Å². The largest absolute Gasteiger partial charge is 0.390 e. The number of hydrogen-bond donors (Lipinski definition) is 1. The number of hydrogen-bond acceptors (Lipinski definition) is 1. The highest BCUT2D eigenvalue weighted by molar-refractivity contribution is 4.81. The molecule has 1 fully saturated rings. The molecule has 1 atom stereocenters. The van der Waals surface area contributed by atoms with Crippen LogP contribution in [0.15, 0.2) is 12.7 Å². The Bertz CT molecular complexity index is 145. The zero-order valence-corrected chi connectivity index (χ0v) is 8.05. The molecule has 1 aliphatic rings. The first-order valence-electron chi connectivity index (χ1n) is 4.97. The van der Waals surface area contributed by atoms with Gasteiger partial charge in [0.05, 0.1) is 5.60 Å². The lowest BCUT2D eigenvalue weighted by Gasteiger charge is -2.22. The van der Waals surface area contributed by atoms with Gasteiger partial charge in [-0.15, -0.1) is 6.58 Å². The molecule has 0 aromatic carbocycles. The Labute approximate surface area is 75.5 Å². The van der Waals surface area contributed by atoms with Crippen molar-refractivity contribution in [1.82, 2.24) is 0 Å². The summed E-state index contributed by atoms with van der Waals surface area (Å²) in [4.78, 5) is 0. The molecule has 0 aromatic heterocycles. The maximum absolute atomic E-state index is 9.87. The molecule has 1 saturated carbocycles. The number of aliphatic hydroxyl groups is 1. The molecule has 1 nitrogen and oxygen atoms in total. The fourth-order valence-electron chi connectivity index (χ4n) is 1.46. The fraction of sp³-hybridized carbons (Fsp3) is 0.818. The molecule has 0 amide bonds. The van der Waals surface area contributed by atoms with E-state index in [9.17, 15) is 5.11 Å². The first-order chi connectivity index (χ1) is 5.64. The average molecular weight is 168 g/mol. The van der Waals surface area contributed by atoms with Crippen LogP contribution in [0.4, 0.5) is 0 Å². The van der Waals surface area contributed by atoms with Crippen molar-refractivity contribution in [3.8, 4) is 0 Å². The van der Waals surface area contributed by atoms with E-state index in [0.29, 0.717) is 0 Å². The molecule has 0 aliphatic heterocycles. The van der Waals surface area contributed by atoms with E-state index in [0.717, 1.165) is 25.2 Å². The molecule has 1 rings (SSSR count). The predicted octanol–water partition coefficient (Wildman–Crippen LogP) is 2.89. The van der Waals surface area contributed by atoms with Crippen molar-refractivity contribution in [3.05, 3.63) is 12.7 Å². The van der Waals surface area contributed by atoms with E-state index in [1.54, 1.807) is 0 Å². The van der Waals surface area contributed by atoms with Crippen molar-refractivity contribution >= 4 is 0 Å². The van der Waals surface area contributed by atoms with Crippen LogP contribution in [0.2, 0.25) is 0 Å². The summed E-state index contributed by atoms with van der Waals surface area (Å²) in [5, 5.41) is 9.87. The third kappa shape index (κ3) is 3.91. The van der Waals surface area contributed by atoms with Crippen LogP contribution < -0.4 is 0 Å². The van der Waals surface area contributed by atoms with Gasteiger partial charge in [-0.3, -0.25) is 0 Å². The van der Waals surface area contributed by atoms with E-state index in [-0.39, 0.29) is 0 Å². The summed E-state index contributed by atoms with van der Waals surface area (Å²) in [7, 11) is 0. The summed E-state index contributed by atoms with van der Waals surface area (Å²) in [5.74, 6) is 0.931. The lowest BCUT2D eigenvalue weighted by molar-refractivity contribution is 0.0395. The van der Waals surface area contributed by atoms with E-state index in [1.807, 2.05) is 13.0 Å². The molecule has 12 heavy (non-hydrogen) atoms. The van der Waals surface area contributed by atoms with Crippen LogP contribution in [0.1, 0.15) is 45.4 Å². The average Bonchev–Trinajstić information content (AvgIpc) is 2.81. The van der Waals surface area contributed by atoms with Crippen LogP contribution in [0.5, 0.6) is 0 Å². The Morgan fingerprint density at radius 1 is 1.50 bits per heavy atom. The zero-order chi connectivity index (χ0) is 9.03. The lowest BCUT2D eigenvalue weighted by atomic mass is 9.93. The normalized spacial score (nSPS) is 21.8. The second-order valence-corrected chi connectivity index (χ2v) is 4.31. The maximum Gasteiger partial charge on any atom is 0.0622 e. The van der Waals surface area contributed by atoms with Gasteiger partial charge in [0.15, 0.2) is 0 Å². The summed E-state index contributed by atoms with van der Waals surface area (Å²) in [6, 6.07) is 0. The van der Waals surface area contributed by atoms with Crippen molar-refractivity contribution in [3.63, 3.8) is 0 Å². The first-order valence-corrected chi connectivity index (χ1v) is 4.97. The Balaban J connectivity index is 2.11. The molecule has 1 aliphatic carbocycles. The van der Waals surface area contributed by atoms with Gasteiger partial charge in [-0.2, -0.15) is 0 Å². The minimum atomic E-state index is -0.448. The van der Waals surface area contributed by atoms with Gasteiger partial charge in [0, 0.05) is 0 Å². The molecule has 0 bridgehead atoms. The highest BCUT2D eigenvalue weighted by Gasteiger charge is 2.26. The van der Waals surface area contributed by atoms with Gasteiger partial charge < -0.3 is 5.11 Å². The highest BCUT2D eigenvalue weighted by Crippen LogP contribution is 2.36. The van der Waals surface area contributed by atoms with Gasteiger partial charge in [-0.1, -0.05) is 18.9 Å². The zero-order valence-electron chi connectivity index (χ0n) is 8.05. The topological polar surface area (TPSA) is 20.2 Å². The van der Waals surface area contributed by atoms with Crippen molar-refractivity contribution in [2.45, 2.75) is 51.0 Å². The Morgan fingerprint density at radius 3 is 2.67 bits per heavy atom. The quantitative estimate of drug-likeness (QED) is 0.605. The molecule has 1 heteroatoms.